The van der Waals surface area contributed by atoms with Crippen LogP contribution in [0.2, 0.25) is 0 Å². The molecule has 3 nitrogen and oxygen atoms in total. The van der Waals surface area contributed by atoms with Gasteiger partial charge in [0, 0.05) is 0 Å². The average Bonchev–Trinajstić information content (AvgIpc) is 3.09. The number of esters is 1. The van der Waals surface area contributed by atoms with E-state index in [1.165, 1.54) is 20.3 Å². The quantitative estimate of drug-likeness (QED) is 0.755. The van der Waals surface area contributed by atoms with Gasteiger partial charge in [0.2, 0.25) is 0 Å². The summed E-state index contributed by atoms with van der Waals surface area (Å²) in [5.41, 5.74) is 0.377. The lowest BCUT2D eigenvalue weighted by atomic mass is 9.96. The number of benzene rings is 1. The standard InChI is InChI=1S/C13H15FO3/c1-16-11-4-3-9(7-10(11)14)8-13(5-6-13)12(15)17-2/h3-4,7H,5-6,8H2,1-2H3. The van der Waals surface area contributed by atoms with E-state index in [-0.39, 0.29) is 11.7 Å². The van der Waals surface area contributed by atoms with Gasteiger partial charge in [0.25, 0.3) is 0 Å². The summed E-state index contributed by atoms with van der Waals surface area (Å²) in [6.07, 6.45) is 2.15. The molecule has 1 aliphatic carbocycles. The van der Waals surface area contributed by atoms with E-state index in [0.717, 1.165) is 18.4 Å². The molecule has 0 unspecified atom stereocenters. The SMILES string of the molecule is COC(=O)C1(Cc2ccc(OC)c(F)c2)CC1. The van der Waals surface area contributed by atoms with Crippen molar-refractivity contribution in [2.24, 2.45) is 5.41 Å². The largest absolute Gasteiger partial charge is 0.494 e. The zero-order chi connectivity index (χ0) is 12.5. The predicted molar refractivity (Wildman–Crippen MR) is 60.3 cm³/mol. The normalized spacial score (nSPS) is 16.4. The van der Waals surface area contributed by atoms with Crippen molar-refractivity contribution in [3.8, 4) is 5.75 Å². The minimum absolute atomic E-state index is 0.200. The maximum Gasteiger partial charge on any atom is 0.312 e. The van der Waals surface area contributed by atoms with Crippen LogP contribution in [-0.2, 0) is 16.0 Å². The number of hydrogen-bond donors (Lipinski definition) is 0. The van der Waals surface area contributed by atoms with Crippen LogP contribution in [0.1, 0.15) is 18.4 Å². The van der Waals surface area contributed by atoms with E-state index in [0.29, 0.717) is 6.42 Å². The molecule has 0 amide bonds. The molecule has 0 heterocycles. The van der Waals surface area contributed by atoms with Crippen molar-refractivity contribution < 1.29 is 18.7 Å². The summed E-state index contributed by atoms with van der Waals surface area (Å²) in [4.78, 5) is 11.6. The summed E-state index contributed by atoms with van der Waals surface area (Å²) in [5, 5.41) is 0. The molecule has 0 bridgehead atoms. The van der Waals surface area contributed by atoms with Gasteiger partial charge in [0.05, 0.1) is 19.6 Å². The minimum Gasteiger partial charge on any atom is -0.494 e. The highest BCUT2D eigenvalue weighted by molar-refractivity contribution is 5.80. The molecule has 4 heteroatoms. The second kappa shape index (κ2) is 4.35. The van der Waals surface area contributed by atoms with E-state index in [4.69, 9.17) is 9.47 Å². The topological polar surface area (TPSA) is 35.5 Å². The first-order chi connectivity index (χ1) is 8.11. The third-order valence-electron chi connectivity index (χ3n) is 3.23. The third kappa shape index (κ3) is 2.25. The van der Waals surface area contributed by atoms with Gasteiger partial charge in [0.1, 0.15) is 0 Å². The molecule has 0 atom stereocenters. The summed E-state index contributed by atoms with van der Waals surface area (Å²) < 4.78 is 23.1. The van der Waals surface area contributed by atoms with Crippen LogP contribution in [0.15, 0.2) is 18.2 Å². The Bertz CT molecular complexity index is 438. The summed E-state index contributed by atoms with van der Waals surface area (Å²) in [6, 6.07) is 4.78. The smallest absolute Gasteiger partial charge is 0.312 e. The predicted octanol–water partition coefficient (Wildman–Crippen LogP) is 2.33. The first-order valence-electron chi connectivity index (χ1n) is 5.52. The van der Waals surface area contributed by atoms with Crippen molar-refractivity contribution in [1.29, 1.82) is 0 Å². The van der Waals surface area contributed by atoms with Crippen LogP contribution in [0.4, 0.5) is 4.39 Å². The van der Waals surface area contributed by atoms with Crippen molar-refractivity contribution in [2.75, 3.05) is 14.2 Å². The lowest BCUT2D eigenvalue weighted by molar-refractivity contribution is -0.147. The average molecular weight is 238 g/mol. The van der Waals surface area contributed by atoms with Gasteiger partial charge in [-0.1, -0.05) is 6.07 Å². The highest BCUT2D eigenvalue weighted by Crippen LogP contribution is 2.49. The molecule has 0 radical (unpaired) electrons. The van der Waals surface area contributed by atoms with Crippen molar-refractivity contribution in [3.63, 3.8) is 0 Å². The number of rotatable bonds is 4. The molecule has 92 valence electrons. The Morgan fingerprint density at radius 1 is 1.41 bits per heavy atom. The van der Waals surface area contributed by atoms with Gasteiger partial charge in [-0.2, -0.15) is 0 Å². The van der Waals surface area contributed by atoms with Crippen LogP contribution in [0, 0.1) is 11.2 Å². The number of hydrogen-bond acceptors (Lipinski definition) is 3. The van der Waals surface area contributed by atoms with E-state index in [1.807, 2.05) is 0 Å². The maximum absolute atomic E-state index is 13.5. The second-order valence-corrected chi connectivity index (χ2v) is 4.42. The van der Waals surface area contributed by atoms with Gasteiger partial charge in [-0.05, 0) is 37.0 Å². The van der Waals surface area contributed by atoms with Crippen molar-refractivity contribution in [3.05, 3.63) is 29.6 Å². The summed E-state index contributed by atoms with van der Waals surface area (Å²) in [6.45, 7) is 0. The molecule has 1 aromatic rings. The van der Waals surface area contributed by atoms with Crippen LogP contribution < -0.4 is 4.74 Å². The van der Waals surface area contributed by atoms with Gasteiger partial charge in [-0.3, -0.25) is 4.79 Å². The van der Waals surface area contributed by atoms with E-state index in [9.17, 15) is 9.18 Å². The Labute approximate surface area is 99.5 Å². The van der Waals surface area contributed by atoms with Crippen molar-refractivity contribution in [2.45, 2.75) is 19.3 Å². The Kier molecular flexibility index (Phi) is 3.05. The molecule has 0 spiro atoms. The summed E-state index contributed by atoms with van der Waals surface area (Å²) >= 11 is 0. The second-order valence-electron chi connectivity index (χ2n) is 4.42. The zero-order valence-corrected chi connectivity index (χ0v) is 9.96. The van der Waals surface area contributed by atoms with E-state index in [2.05, 4.69) is 0 Å². The first-order valence-corrected chi connectivity index (χ1v) is 5.52. The monoisotopic (exact) mass is 238 g/mol. The number of halogens is 1. The van der Waals surface area contributed by atoms with E-state index < -0.39 is 11.2 Å². The van der Waals surface area contributed by atoms with E-state index >= 15 is 0 Å². The van der Waals surface area contributed by atoms with Crippen LogP contribution in [0.25, 0.3) is 0 Å². The maximum atomic E-state index is 13.5. The Balaban J connectivity index is 2.14. The molecule has 1 aromatic carbocycles. The molecule has 0 saturated heterocycles. The van der Waals surface area contributed by atoms with Crippen LogP contribution in [0.3, 0.4) is 0 Å². The fourth-order valence-electron chi connectivity index (χ4n) is 2.03. The van der Waals surface area contributed by atoms with Gasteiger partial charge in [-0.15, -0.1) is 0 Å². The first kappa shape index (κ1) is 11.9. The van der Waals surface area contributed by atoms with Crippen LogP contribution in [0.5, 0.6) is 5.75 Å². The number of carbonyl (C=O) groups excluding carboxylic acids is 1. The molecule has 17 heavy (non-hydrogen) atoms. The molecule has 2 rings (SSSR count). The molecule has 1 aliphatic rings. The summed E-state index contributed by atoms with van der Waals surface area (Å²) in [7, 11) is 2.81. The van der Waals surface area contributed by atoms with Gasteiger partial charge >= 0.3 is 5.97 Å². The number of carbonyl (C=O) groups is 1. The Morgan fingerprint density at radius 3 is 2.59 bits per heavy atom. The molecule has 0 aromatic heterocycles. The molecule has 0 aliphatic heterocycles. The zero-order valence-electron chi connectivity index (χ0n) is 9.96. The molecular formula is C13H15FO3. The Hall–Kier alpha value is -1.58. The van der Waals surface area contributed by atoms with Gasteiger partial charge < -0.3 is 9.47 Å². The summed E-state index contributed by atoms with van der Waals surface area (Å²) in [5.74, 6) is -0.379. The molecule has 1 fully saturated rings. The number of methoxy groups -OCH3 is 2. The third-order valence-corrected chi connectivity index (χ3v) is 3.23. The lowest BCUT2D eigenvalue weighted by Crippen LogP contribution is -2.20. The molecule has 0 N–H and O–H groups in total. The number of ether oxygens (including phenoxy) is 2. The van der Waals surface area contributed by atoms with Crippen LogP contribution >= 0.6 is 0 Å². The fraction of sp³-hybridized carbons (Fsp3) is 0.462. The molecule has 1 saturated carbocycles. The van der Waals surface area contributed by atoms with Gasteiger partial charge in [0.15, 0.2) is 11.6 Å². The fourth-order valence-corrected chi connectivity index (χ4v) is 2.03. The highest BCUT2D eigenvalue weighted by atomic mass is 19.1. The molecular weight excluding hydrogens is 223 g/mol. The van der Waals surface area contributed by atoms with Gasteiger partial charge in [-0.25, -0.2) is 4.39 Å². The van der Waals surface area contributed by atoms with Crippen molar-refractivity contribution in [1.82, 2.24) is 0 Å². The minimum atomic E-state index is -0.421. The van der Waals surface area contributed by atoms with Crippen LogP contribution in [-0.4, -0.2) is 20.2 Å². The van der Waals surface area contributed by atoms with E-state index in [1.54, 1.807) is 12.1 Å². The highest BCUT2D eigenvalue weighted by Gasteiger charge is 2.50. The lowest BCUT2D eigenvalue weighted by Gasteiger charge is -2.13. The van der Waals surface area contributed by atoms with Crippen molar-refractivity contribution >= 4 is 5.97 Å². The Morgan fingerprint density at radius 2 is 2.12 bits per heavy atom.